The van der Waals surface area contributed by atoms with E-state index in [1.54, 1.807) is 6.20 Å². The molecule has 0 amide bonds. The quantitative estimate of drug-likeness (QED) is 0.753. The van der Waals surface area contributed by atoms with Gasteiger partial charge in [-0.1, -0.05) is 6.07 Å². The van der Waals surface area contributed by atoms with Crippen molar-refractivity contribution in [2.75, 3.05) is 0 Å². The lowest BCUT2D eigenvalue weighted by molar-refractivity contribution is 0.0982. The van der Waals surface area contributed by atoms with Crippen LogP contribution in [0.25, 0.3) is 0 Å². The van der Waals surface area contributed by atoms with Crippen LogP contribution in [0.15, 0.2) is 48.7 Å². The zero-order chi connectivity index (χ0) is 13.8. The molecule has 0 bridgehead atoms. The lowest BCUT2D eigenvalue weighted by atomic mass is 10.1. The number of carbonyl (C=O) groups excluding carboxylic acids is 1. The minimum atomic E-state index is 0.147. The summed E-state index contributed by atoms with van der Waals surface area (Å²) < 4.78 is 5.67. The molecule has 1 fully saturated rings. The average molecular weight is 267 g/mol. The van der Waals surface area contributed by atoms with Crippen molar-refractivity contribution in [2.45, 2.75) is 31.8 Å². The number of aromatic nitrogens is 1. The molecular formula is C17H17NO2. The smallest absolute Gasteiger partial charge is 0.163 e. The minimum absolute atomic E-state index is 0.147. The Hall–Kier alpha value is -2.16. The Morgan fingerprint density at radius 3 is 2.60 bits per heavy atom. The highest BCUT2D eigenvalue weighted by Gasteiger charge is 2.23. The van der Waals surface area contributed by atoms with Gasteiger partial charge in [-0.25, -0.2) is 0 Å². The first-order chi connectivity index (χ1) is 9.81. The monoisotopic (exact) mass is 267 g/mol. The van der Waals surface area contributed by atoms with E-state index in [2.05, 4.69) is 4.98 Å². The van der Waals surface area contributed by atoms with Crippen molar-refractivity contribution < 1.29 is 9.53 Å². The SMILES string of the molecule is O=C(CCc1ccccn1)c1ccc(OC2CC2)cc1. The largest absolute Gasteiger partial charge is 0.490 e. The van der Waals surface area contributed by atoms with Crippen molar-refractivity contribution in [1.29, 1.82) is 0 Å². The number of hydrogen-bond acceptors (Lipinski definition) is 3. The van der Waals surface area contributed by atoms with Crippen LogP contribution in [0.3, 0.4) is 0 Å². The van der Waals surface area contributed by atoms with Gasteiger partial charge in [0.25, 0.3) is 0 Å². The molecule has 1 heterocycles. The third-order valence-corrected chi connectivity index (χ3v) is 3.34. The molecule has 3 heteroatoms. The number of benzene rings is 1. The molecule has 1 aliphatic carbocycles. The zero-order valence-corrected chi connectivity index (χ0v) is 11.3. The minimum Gasteiger partial charge on any atom is -0.490 e. The van der Waals surface area contributed by atoms with E-state index >= 15 is 0 Å². The second-order valence-corrected chi connectivity index (χ2v) is 5.09. The number of rotatable bonds is 6. The van der Waals surface area contributed by atoms with Crippen molar-refractivity contribution in [3.63, 3.8) is 0 Å². The number of Topliss-reactive ketones (excluding diaryl/α,β-unsaturated/α-hetero) is 1. The fourth-order valence-corrected chi connectivity index (χ4v) is 2.03. The summed E-state index contributed by atoms with van der Waals surface area (Å²) in [4.78, 5) is 16.3. The first-order valence-electron chi connectivity index (χ1n) is 7.01. The standard InChI is InChI=1S/C17H17NO2/c19-17(11-6-14-3-1-2-12-18-14)13-4-7-15(8-5-13)20-16-9-10-16/h1-5,7-8,12,16H,6,9-11H2. The van der Waals surface area contributed by atoms with Crippen LogP contribution in [-0.2, 0) is 6.42 Å². The van der Waals surface area contributed by atoms with Gasteiger partial charge in [0.2, 0.25) is 0 Å². The maximum atomic E-state index is 12.1. The van der Waals surface area contributed by atoms with Crippen LogP contribution in [0.1, 0.15) is 35.3 Å². The highest BCUT2D eigenvalue weighted by atomic mass is 16.5. The second-order valence-electron chi connectivity index (χ2n) is 5.09. The summed E-state index contributed by atoms with van der Waals surface area (Å²) in [6.45, 7) is 0. The summed E-state index contributed by atoms with van der Waals surface area (Å²) in [6.07, 6.45) is 5.60. The van der Waals surface area contributed by atoms with E-state index in [9.17, 15) is 4.79 Å². The highest BCUT2D eigenvalue weighted by Crippen LogP contribution is 2.26. The number of pyridine rings is 1. The van der Waals surface area contributed by atoms with Gasteiger partial charge in [0, 0.05) is 23.9 Å². The summed E-state index contributed by atoms with van der Waals surface area (Å²) in [7, 11) is 0. The topological polar surface area (TPSA) is 39.2 Å². The Labute approximate surface area is 118 Å². The molecule has 102 valence electrons. The molecule has 0 aliphatic heterocycles. The molecule has 3 rings (SSSR count). The van der Waals surface area contributed by atoms with Crippen molar-refractivity contribution in [3.8, 4) is 5.75 Å². The Balaban J connectivity index is 1.56. The van der Waals surface area contributed by atoms with Crippen LogP contribution in [0, 0.1) is 0 Å². The van der Waals surface area contributed by atoms with Crippen LogP contribution in [0.2, 0.25) is 0 Å². The molecule has 0 saturated heterocycles. The summed E-state index contributed by atoms with van der Waals surface area (Å²) in [5.74, 6) is 1.00. The van der Waals surface area contributed by atoms with Gasteiger partial charge in [0.1, 0.15) is 5.75 Å². The molecule has 1 saturated carbocycles. The fraction of sp³-hybridized carbons (Fsp3) is 0.294. The second kappa shape index (κ2) is 5.87. The van der Waals surface area contributed by atoms with Gasteiger partial charge in [0.15, 0.2) is 5.78 Å². The first-order valence-corrected chi connectivity index (χ1v) is 7.01. The molecular weight excluding hydrogens is 250 g/mol. The van der Waals surface area contributed by atoms with Crippen molar-refractivity contribution in [3.05, 3.63) is 59.9 Å². The summed E-state index contributed by atoms with van der Waals surface area (Å²) in [6, 6.07) is 13.2. The summed E-state index contributed by atoms with van der Waals surface area (Å²) >= 11 is 0. The predicted octanol–water partition coefficient (Wildman–Crippen LogP) is 3.44. The molecule has 0 radical (unpaired) electrons. The Bertz CT molecular complexity index is 574. The number of ketones is 1. The number of aryl methyl sites for hydroxylation is 1. The van der Waals surface area contributed by atoms with E-state index in [1.807, 2.05) is 42.5 Å². The van der Waals surface area contributed by atoms with E-state index in [-0.39, 0.29) is 5.78 Å². The number of nitrogens with zero attached hydrogens (tertiary/aromatic N) is 1. The molecule has 0 atom stereocenters. The van der Waals surface area contributed by atoms with E-state index in [1.165, 1.54) is 0 Å². The predicted molar refractivity (Wildman–Crippen MR) is 77.0 cm³/mol. The van der Waals surface area contributed by atoms with Gasteiger partial charge in [-0.05, 0) is 55.7 Å². The summed E-state index contributed by atoms with van der Waals surface area (Å²) in [5, 5.41) is 0. The van der Waals surface area contributed by atoms with Gasteiger partial charge in [-0.3, -0.25) is 9.78 Å². The average Bonchev–Trinajstić information content (AvgIpc) is 3.31. The molecule has 2 aromatic rings. The molecule has 20 heavy (non-hydrogen) atoms. The molecule has 0 unspecified atom stereocenters. The van der Waals surface area contributed by atoms with Crippen LogP contribution >= 0.6 is 0 Å². The highest BCUT2D eigenvalue weighted by molar-refractivity contribution is 5.96. The van der Waals surface area contributed by atoms with E-state index in [0.717, 1.165) is 29.8 Å². The zero-order valence-electron chi connectivity index (χ0n) is 11.3. The summed E-state index contributed by atoms with van der Waals surface area (Å²) in [5.41, 5.74) is 1.69. The van der Waals surface area contributed by atoms with Gasteiger partial charge < -0.3 is 4.74 Å². The Morgan fingerprint density at radius 2 is 1.95 bits per heavy atom. The number of ether oxygens (including phenoxy) is 1. The van der Waals surface area contributed by atoms with Gasteiger partial charge in [-0.2, -0.15) is 0 Å². The number of hydrogen-bond donors (Lipinski definition) is 0. The normalized spacial score (nSPS) is 14.0. The third-order valence-electron chi connectivity index (χ3n) is 3.34. The van der Waals surface area contributed by atoms with Gasteiger partial charge >= 0.3 is 0 Å². The van der Waals surface area contributed by atoms with Crippen molar-refractivity contribution in [2.24, 2.45) is 0 Å². The molecule has 1 aromatic carbocycles. The van der Waals surface area contributed by atoms with Crippen LogP contribution in [0.5, 0.6) is 5.75 Å². The van der Waals surface area contributed by atoms with Crippen molar-refractivity contribution in [1.82, 2.24) is 4.98 Å². The van der Waals surface area contributed by atoms with E-state index in [4.69, 9.17) is 4.74 Å². The molecule has 3 nitrogen and oxygen atoms in total. The fourth-order valence-electron chi connectivity index (χ4n) is 2.03. The molecule has 1 aromatic heterocycles. The maximum absolute atomic E-state index is 12.1. The molecule has 0 N–H and O–H groups in total. The first kappa shape index (κ1) is 12.9. The third kappa shape index (κ3) is 3.44. The molecule has 0 spiro atoms. The Kier molecular flexibility index (Phi) is 3.77. The van der Waals surface area contributed by atoms with Crippen LogP contribution in [-0.4, -0.2) is 16.9 Å². The van der Waals surface area contributed by atoms with E-state index in [0.29, 0.717) is 18.9 Å². The lowest BCUT2D eigenvalue weighted by Crippen LogP contribution is -2.02. The molecule has 1 aliphatic rings. The van der Waals surface area contributed by atoms with E-state index < -0.39 is 0 Å². The van der Waals surface area contributed by atoms with Crippen LogP contribution in [0.4, 0.5) is 0 Å². The Morgan fingerprint density at radius 1 is 1.15 bits per heavy atom. The van der Waals surface area contributed by atoms with Gasteiger partial charge in [0.05, 0.1) is 6.10 Å². The number of carbonyl (C=O) groups is 1. The lowest BCUT2D eigenvalue weighted by Gasteiger charge is -2.05. The van der Waals surface area contributed by atoms with Crippen LogP contribution < -0.4 is 4.74 Å². The van der Waals surface area contributed by atoms with Crippen molar-refractivity contribution >= 4 is 5.78 Å². The van der Waals surface area contributed by atoms with Gasteiger partial charge in [-0.15, -0.1) is 0 Å². The maximum Gasteiger partial charge on any atom is 0.163 e.